The van der Waals surface area contributed by atoms with Gasteiger partial charge in [0.1, 0.15) is 17.5 Å². The van der Waals surface area contributed by atoms with Crippen molar-refractivity contribution in [2.75, 3.05) is 5.73 Å². The predicted molar refractivity (Wildman–Crippen MR) is 54.3 cm³/mol. The van der Waals surface area contributed by atoms with E-state index in [0.717, 1.165) is 12.1 Å². The van der Waals surface area contributed by atoms with Gasteiger partial charge in [0.05, 0.1) is 5.56 Å². The summed E-state index contributed by atoms with van der Waals surface area (Å²) in [5.74, 6) is -0.898. The molecule has 2 N–H and O–H groups in total. The van der Waals surface area contributed by atoms with Crippen molar-refractivity contribution in [3.8, 4) is 11.4 Å². The van der Waals surface area contributed by atoms with Gasteiger partial charge >= 0.3 is 0 Å². The molecule has 1 aromatic carbocycles. The van der Waals surface area contributed by atoms with Gasteiger partial charge < -0.3 is 5.73 Å². The number of anilines is 1. The van der Waals surface area contributed by atoms with Gasteiger partial charge in [-0.2, -0.15) is 9.97 Å². The van der Waals surface area contributed by atoms with Crippen LogP contribution in [0.2, 0.25) is 0 Å². The average molecular weight is 222 g/mol. The maximum Gasteiger partial charge on any atom is 0.223 e. The fourth-order valence-electron chi connectivity index (χ4n) is 1.29. The largest absolute Gasteiger partial charge is 0.368 e. The van der Waals surface area contributed by atoms with Crippen LogP contribution in [0.4, 0.5) is 14.7 Å². The second-order valence-corrected chi connectivity index (χ2v) is 3.19. The molecule has 16 heavy (non-hydrogen) atoms. The van der Waals surface area contributed by atoms with Gasteiger partial charge in [-0.1, -0.05) is 0 Å². The van der Waals surface area contributed by atoms with E-state index in [1.54, 1.807) is 6.92 Å². The molecule has 0 amide bonds. The Morgan fingerprint density at radius 2 is 1.88 bits per heavy atom. The Hall–Kier alpha value is -2.11. The van der Waals surface area contributed by atoms with Crippen LogP contribution in [0.1, 0.15) is 5.82 Å². The van der Waals surface area contributed by atoms with E-state index in [2.05, 4.69) is 15.0 Å². The summed E-state index contributed by atoms with van der Waals surface area (Å²) >= 11 is 0. The number of hydrogen-bond acceptors (Lipinski definition) is 4. The highest BCUT2D eigenvalue weighted by Crippen LogP contribution is 2.20. The second kappa shape index (κ2) is 3.80. The van der Waals surface area contributed by atoms with Crippen molar-refractivity contribution in [1.82, 2.24) is 15.0 Å². The summed E-state index contributed by atoms with van der Waals surface area (Å²) in [6.07, 6.45) is 0. The second-order valence-electron chi connectivity index (χ2n) is 3.19. The van der Waals surface area contributed by atoms with Crippen molar-refractivity contribution in [2.45, 2.75) is 6.92 Å². The van der Waals surface area contributed by atoms with Crippen LogP contribution in [0.25, 0.3) is 11.4 Å². The van der Waals surface area contributed by atoms with E-state index in [-0.39, 0.29) is 17.3 Å². The van der Waals surface area contributed by atoms with Crippen molar-refractivity contribution in [3.05, 3.63) is 35.7 Å². The molecule has 2 rings (SSSR count). The summed E-state index contributed by atoms with van der Waals surface area (Å²) in [6.45, 7) is 1.61. The number of nitrogens with zero attached hydrogens (tertiary/aromatic N) is 3. The van der Waals surface area contributed by atoms with Gasteiger partial charge in [-0.05, 0) is 19.1 Å². The fraction of sp³-hybridized carbons (Fsp3) is 0.100. The topological polar surface area (TPSA) is 64.7 Å². The molecule has 0 atom stereocenters. The third kappa shape index (κ3) is 1.95. The van der Waals surface area contributed by atoms with Gasteiger partial charge in [-0.25, -0.2) is 13.8 Å². The highest BCUT2D eigenvalue weighted by molar-refractivity contribution is 5.56. The molecule has 0 spiro atoms. The van der Waals surface area contributed by atoms with Crippen LogP contribution >= 0.6 is 0 Å². The third-order valence-electron chi connectivity index (χ3n) is 1.94. The lowest BCUT2D eigenvalue weighted by Crippen LogP contribution is -2.02. The molecule has 82 valence electrons. The molecule has 2 aromatic rings. The van der Waals surface area contributed by atoms with E-state index < -0.39 is 11.6 Å². The quantitative estimate of drug-likeness (QED) is 0.797. The van der Waals surface area contributed by atoms with Crippen LogP contribution in [0, 0.1) is 18.6 Å². The molecule has 0 bridgehead atoms. The maximum atomic E-state index is 13.4. The molecule has 0 saturated carbocycles. The van der Waals surface area contributed by atoms with Crippen LogP contribution in [0.5, 0.6) is 0 Å². The number of aryl methyl sites for hydroxylation is 1. The lowest BCUT2D eigenvalue weighted by molar-refractivity contribution is 0.585. The smallest absolute Gasteiger partial charge is 0.223 e. The molecular weight excluding hydrogens is 214 g/mol. The van der Waals surface area contributed by atoms with Crippen molar-refractivity contribution in [2.24, 2.45) is 0 Å². The van der Waals surface area contributed by atoms with Crippen molar-refractivity contribution >= 4 is 5.95 Å². The third-order valence-corrected chi connectivity index (χ3v) is 1.94. The summed E-state index contributed by atoms with van der Waals surface area (Å²) < 4.78 is 26.1. The molecule has 0 aliphatic heterocycles. The zero-order valence-corrected chi connectivity index (χ0v) is 8.41. The van der Waals surface area contributed by atoms with E-state index in [1.165, 1.54) is 6.07 Å². The Bertz CT molecular complexity index is 522. The Labute approximate surface area is 90.2 Å². The van der Waals surface area contributed by atoms with Crippen LogP contribution < -0.4 is 5.73 Å². The molecule has 6 heteroatoms. The molecule has 0 aliphatic rings. The number of nitrogen functional groups attached to an aromatic ring is 1. The molecule has 0 saturated heterocycles. The van der Waals surface area contributed by atoms with Gasteiger partial charge in [-0.3, -0.25) is 0 Å². The number of benzene rings is 1. The van der Waals surface area contributed by atoms with E-state index in [1.807, 2.05) is 0 Å². The lowest BCUT2D eigenvalue weighted by atomic mass is 10.2. The van der Waals surface area contributed by atoms with Gasteiger partial charge in [0.15, 0.2) is 5.82 Å². The maximum absolute atomic E-state index is 13.4. The summed E-state index contributed by atoms with van der Waals surface area (Å²) in [6, 6.07) is 3.16. The fourth-order valence-corrected chi connectivity index (χ4v) is 1.29. The van der Waals surface area contributed by atoms with Gasteiger partial charge in [0, 0.05) is 6.07 Å². The Morgan fingerprint density at radius 1 is 1.12 bits per heavy atom. The minimum absolute atomic E-state index is 0.00576. The number of rotatable bonds is 1. The summed E-state index contributed by atoms with van der Waals surface area (Å²) in [5, 5.41) is 0. The van der Waals surface area contributed by atoms with E-state index in [0.29, 0.717) is 5.82 Å². The standard InChI is InChI=1S/C10H8F2N4/c1-5-14-9(16-10(13)15-5)7-3-2-6(11)4-8(7)12/h2-4H,1H3,(H2,13,14,15,16). The van der Waals surface area contributed by atoms with Gasteiger partial charge in [0.2, 0.25) is 5.95 Å². The summed E-state index contributed by atoms with van der Waals surface area (Å²) in [7, 11) is 0. The zero-order valence-electron chi connectivity index (χ0n) is 8.41. The van der Waals surface area contributed by atoms with Gasteiger partial charge in [-0.15, -0.1) is 0 Å². The van der Waals surface area contributed by atoms with Crippen LogP contribution in [-0.4, -0.2) is 15.0 Å². The van der Waals surface area contributed by atoms with Crippen LogP contribution in [-0.2, 0) is 0 Å². The monoisotopic (exact) mass is 222 g/mol. The highest BCUT2D eigenvalue weighted by atomic mass is 19.1. The van der Waals surface area contributed by atoms with E-state index >= 15 is 0 Å². The highest BCUT2D eigenvalue weighted by Gasteiger charge is 2.10. The van der Waals surface area contributed by atoms with Crippen molar-refractivity contribution in [3.63, 3.8) is 0 Å². The molecule has 0 fully saturated rings. The van der Waals surface area contributed by atoms with E-state index in [4.69, 9.17) is 5.73 Å². The lowest BCUT2D eigenvalue weighted by Gasteiger charge is -2.03. The van der Waals surface area contributed by atoms with Crippen molar-refractivity contribution in [1.29, 1.82) is 0 Å². The molecular formula is C10H8F2N4. The first-order valence-corrected chi connectivity index (χ1v) is 4.50. The average Bonchev–Trinajstić information content (AvgIpc) is 2.15. The minimum atomic E-state index is -0.731. The Balaban J connectivity index is 2.58. The first kappa shape index (κ1) is 10.4. The predicted octanol–water partition coefficient (Wildman–Crippen LogP) is 1.71. The minimum Gasteiger partial charge on any atom is -0.368 e. The zero-order chi connectivity index (χ0) is 11.7. The molecule has 1 aromatic heterocycles. The number of aromatic nitrogens is 3. The first-order valence-electron chi connectivity index (χ1n) is 4.50. The van der Waals surface area contributed by atoms with E-state index in [9.17, 15) is 8.78 Å². The molecule has 0 unspecified atom stereocenters. The Morgan fingerprint density at radius 3 is 2.50 bits per heavy atom. The SMILES string of the molecule is Cc1nc(N)nc(-c2ccc(F)cc2F)n1. The van der Waals surface area contributed by atoms with Crippen LogP contribution in [0.3, 0.4) is 0 Å². The molecule has 1 heterocycles. The molecule has 0 aliphatic carbocycles. The van der Waals surface area contributed by atoms with Crippen LogP contribution in [0.15, 0.2) is 18.2 Å². The van der Waals surface area contributed by atoms with Gasteiger partial charge in [0.25, 0.3) is 0 Å². The number of halogens is 2. The normalized spacial score (nSPS) is 10.4. The first-order chi connectivity index (χ1) is 7.56. The number of hydrogen-bond donors (Lipinski definition) is 1. The Kier molecular flexibility index (Phi) is 2.47. The number of nitrogens with two attached hydrogens (primary N) is 1. The van der Waals surface area contributed by atoms with Crippen molar-refractivity contribution < 1.29 is 8.78 Å². The summed E-state index contributed by atoms with van der Waals surface area (Å²) in [5.41, 5.74) is 5.51. The summed E-state index contributed by atoms with van der Waals surface area (Å²) in [4.78, 5) is 11.5. The molecule has 4 nitrogen and oxygen atoms in total. The molecule has 0 radical (unpaired) electrons.